The monoisotopic (exact) mass is 1080 g/mol. The Morgan fingerprint density at radius 2 is 0.936 bits per heavy atom. The van der Waals surface area contributed by atoms with Crippen LogP contribution in [0.2, 0.25) is 0 Å². The molecule has 0 saturated carbocycles. The van der Waals surface area contributed by atoms with Gasteiger partial charge in [0.05, 0.1) is 59.9 Å². The van der Waals surface area contributed by atoms with Crippen LogP contribution in [0.25, 0.3) is 66.6 Å². The number of furan rings is 2. The van der Waals surface area contributed by atoms with E-state index in [-0.39, 0.29) is 12.1 Å². The summed E-state index contributed by atoms with van der Waals surface area (Å²) in [6.07, 6.45) is 1.52. The van der Waals surface area contributed by atoms with Crippen molar-refractivity contribution < 1.29 is 64.5 Å². The van der Waals surface area contributed by atoms with Crippen molar-refractivity contribution in [3.05, 3.63) is 181 Å². The third-order valence-corrected chi connectivity index (χ3v) is 11.5. The molecule has 22 heteroatoms. The van der Waals surface area contributed by atoms with Gasteiger partial charge in [0.15, 0.2) is 0 Å². The Morgan fingerprint density at radius 1 is 0.564 bits per heavy atom. The van der Waals surface area contributed by atoms with Crippen molar-refractivity contribution in [1.29, 1.82) is 0 Å². The molecule has 0 aliphatic rings. The topological polar surface area (TPSA) is 255 Å². The Hall–Kier alpha value is -9.28. The third-order valence-electron chi connectivity index (χ3n) is 11.5. The van der Waals surface area contributed by atoms with Crippen LogP contribution in [-0.4, -0.2) is 90.2 Å². The SMILES string of the molecule is Cc1[nH]nc2ccc(-c3cc(OC[C@@H](N)Cc4ccccc4)cnc3-c3ccoc3)cc12.Cc1[nH]nc2ccc(-c3cc(OC[C@@H](N)Cc4ccccc4)cnc3-c3ccoc3)cc12.O=C(O)C(F)(F)F.O=C(O)C(F)(F)F. The molecule has 0 unspecified atom stereocenters. The third kappa shape index (κ3) is 15.4. The van der Waals surface area contributed by atoms with Gasteiger partial charge >= 0.3 is 24.3 Å². The first-order valence-corrected chi connectivity index (χ1v) is 23.6. The van der Waals surface area contributed by atoms with Crippen molar-refractivity contribution in [3.8, 4) is 56.3 Å². The summed E-state index contributed by atoms with van der Waals surface area (Å²) in [5, 5.41) is 31.2. The van der Waals surface area contributed by atoms with Crippen LogP contribution >= 0.6 is 0 Å². The fourth-order valence-corrected chi connectivity index (χ4v) is 7.72. The molecule has 0 fully saturated rings. The van der Waals surface area contributed by atoms with Gasteiger partial charge in [0, 0.05) is 56.5 Å². The second kappa shape index (κ2) is 25.5. The molecule has 8 N–H and O–H groups in total. The number of carboxylic acid groups (broad SMARTS) is 2. The number of aryl methyl sites for hydroxylation is 2. The Bertz CT molecular complexity index is 3300. The Balaban J connectivity index is 0.000000182. The number of nitrogens with one attached hydrogen (secondary N) is 2. The number of halogens is 6. The smallest absolute Gasteiger partial charge is 0.490 e. The average Bonchev–Trinajstić information content (AvgIpc) is 4.30. The molecule has 0 saturated heterocycles. The molecular formula is C56H50F6N8O8. The van der Waals surface area contributed by atoms with E-state index < -0.39 is 24.3 Å². The summed E-state index contributed by atoms with van der Waals surface area (Å²) >= 11 is 0. The zero-order valence-corrected chi connectivity index (χ0v) is 41.5. The van der Waals surface area contributed by atoms with Crippen molar-refractivity contribution in [3.63, 3.8) is 0 Å². The zero-order valence-electron chi connectivity index (χ0n) is 41.5. The standard InChI is InChI=1S/2C26H24N4O2.2C2HF3O2/c2*1-17-23-12-19(7-8-25(23)30-29-17)24-13-22(14-28-26(24)20-9-10-31-15-20)32-16-21(27)11-18-5-3-2-4-6-18;2*3-2(4,5)1(6)7/h2*2-10,12-15,21H,11,16,27H2,1H3,(H,29,30);2*(H,6,7)/t2*21-;;/m00../s1. The van der Waals surface area contributed by atoms with Gasteiger partial charge in [-0.25, -0.2) is 9.59 Å². The number of nitrogens with zero attached hydrogens (tertiary/aromatic N) is 4. The number of fused-ring (bicyclic) bond motifs is 2. The largest absolute Gasteiger partial charge is 0.490 e. The van der Waals surface area contributed by atoms with Crippen LogP contribution in [0.5, 0.6) is 11.5 Å². The molecule has 6 aromatic heterocycles. The quantitative estimate of drug-likeness (QED) is 0.0554. The summed E-state index contributed by atoms with van der Waals surface area (Å²) in [6, 6.07) is 40.4. The number of ether oxygens (including phenoxy) is 2. The molecule has 0 spiro atoms. The van der Waals surface area contributed by atoms with E-state index in [0.717, 1.165) is 90.8 Å². The van der Waals surface area contributed by atoms with Crippen molar-refractivity contribution in [2.24, 2.45) is 11.5 Å². The van der Waals surface area contributed by atoms with Crippen LogP contribution in [0, 0.1) is 13.8 Å². The van der Waals surface area contributed by atoms with Gasteiger partial charge in [-0.3, -0.25) is 20.2 Å². The number of rotatable bonds is 14. The molecule has 16 nitrogen and oxygen atoms in total. The van der Waals surface area contributed by atoms with Gasteiger partial charge in [0.25, 0.3) is 0 Å². The zero-order chi connectivity index (χ0) is 56.0. The highest BCUT2D eigenvalue weighted by Crippen LogP contribution is 2.37. The van der Waals surface area contributed by atoms with Crippen LogP contribution in [0.3, 0.4) is 0 Å². The van der Waals surface area contributed by atoms with E-state index in [1.807, 2.05) is 98.8 Å². The first-order valence-electron chi connectivity index (χ1n) is 23.6. The van der Waals surface area contributed by atoms with E-state index >= 15 is 0 Å². The van der Waals surface area contributed by atoms with Gasteiger partial charge in [0.1, 0.15) is 24.7 Å². The molecule has 404 valence electrons. The minimum atomic E-state index is -5.08. The fourth-order valence-electron chi connectivity index (χ4n) is 7.72. The lowest BCUT2D eigenvalue weighted by Gasteiger charge is -2.15. The highest BCUT2D eigenvalue weighted by atomic mass is 19.4. The first kappa shape index (κ1) is 56.4. The molecule has 0 bridgehead atoms. The van der Waals surface area contributed by atoms with Crippen molar-refractivity contribution in [1.82, 2.24) is 30.4 Å². The lowest BCUT2D eigenvalue weighted by atomic mass is 9.99. The molecule has 2 atom stereocenters. The maximum Gasteiger partial charge on any atom is 0.490 e. The predicted molar refractivity (Wildman–Crippen MR) is 278 cm³/mol. The molecule has 0 aliphatic heterocycles. The van der Waals surface area contributed by atoms with Crippen molar-refractivity contribution >= 4 is 33.7 Å². The first-order chi connectivity index (χ1) is 37.2. The molecule has 0 aliphatic carbocycles. The van der Waals surface area contributed by atoms with Gasteiger partial charge in [-0.1, -0.05) is 72.8 Å². The lowest BCUT2D eigenvalue weighted by molar-refractivity contribution is -0.193. The number of aliphatic carboxylic acids is 2. The number of aromatic amines is 2. The number of nitrogens with two attached hydrogens (primary N) is 2. The number of alkyl halides is 6. The second-order valence-electron chi connectivity index (χ2n) is 17.4. The maximum absolute atomic E-state index is 10.6. The van der Waals surface area contributed by atoms with E-state index in [1.165, 1.54) is 11.1 Å². The van der Waals surface area contributed by atoms with Gasteiger partial charge in [-0.2, -0.15) is 36.5 Å². The van der Waals surface area contributed by atoms with E-state index in [4.69, 9.17) is 59.5 Å². The van der Waals surface area contributed by atoms with E-state index in [9.17, 15) is 26.3 Å². The molecule has 78 heavy (non-hydrogen) atoms. The minimum Gasteiger partial charge on any atom is -0.490 e. The van der Waals surface area contributed by atoms with Crippen LogP contribution in [0.1, 0.15) is 22.5 Å². The molecule has 10 rings (SSSR count). The van der Waals surface area contributed by atoms with E-state index in [2.05, 4.69) is 56.8 Å². The van der Waals surface area contributed by atoms with Crippen LogP contribution in [-0.2, 0) is 22.4 Å². The number of benzene rings is 4. The highest BCUT2D eigenvalue weighted by molar-refractivity contribution is 5.91. The molecule has 0 radical (unpaired) electrons. The van der Waals surface area contributed by atoms with Gasteiger partial charge in [0.2, 0.25) is 0 Å². The summed E-state index contributed by atoms with van der Waals surface area (Å²) in [5.41, 5.74) is 26.4. The molecule has 4 aromatic carbocycles. The number of hydrogen-bond donors (Lipinski definition) is 6. The predicted octanol–water partition coefficient (Wildman–Crippen LogP) is 11.6. The number of hydrogen-bond acceptors (Lipinski definition) is 12. The summed E-state index contributed by atoms with van der Waals surface area (Å²) < 4.78 is 86.2. The normalized spacial score (nSPS) is 12.0. The lowest BCUT2D eigenvalue weighted by Crippen LogP contribution is -2.30. The number of H-pyrrole nitrogens is 2. The number of pyridine rings is 2. The van der Waals surface area contributed by atoms with Gasteiger partial charge in [-0.15, -0.1) is 0 Å². The highest BCUT2D eigenvalue weighted by Gasteiger charge is 2.39. The number of aromatic nitrogens is 6. The van der Waals surface area contributed by atoms with Gasteiger partial charge < -0.3 is 40.0 Å². The fraction of sp³-hybridized carbons (Fsp3) is 0.179. The summed E-state index contributed by atoms with van der Waals surface area (Å²) in [5.74, 6) is -4.15. The van der Waals surface area contributed by atoms with Gasteiger partial charge in [-0.05, 0) is 97.5 Å². The number of carbonyl (C=O) groups is 2. The second-order valence-corrected chi connectivity index (χ2v) is 17.4. The van der Waals surface area contributed by atoms with Crippen LogP contribution < -0.4 is 20.9 Å². The van der Waals surface area contributed by atoms with Crippen LogP contribution in [0.15, 0.2) is 168 Å². The minimum absolute atomic E-state index is 0.112. The molecule has 6 heterocycles. The van der Waals surface area contributed by atoms with Crippen LogP contribution in [0.4, 0.5) is 26.3 Å². The van der Waals surface area contributed by atoms with E-state index in [0.29, 0.717) is 24.7 Å². The van der Waals surface area contributed by atoms with E-state index in [1.54, 1.807) is 37.4 Å². The van der Waals surface area contributed by atoms with Crippen molar-refractivity contribution in [2.75, 3.05) is 13.2 Å². The molecule has 10 aromatic rings. The summed E-state index contributed by atoms with van der Waals surface area (Å²) in [7, 11) is 0. The Morgan fingerprint density at radius 3 is 1.27 bits per heavy atom. The summed E-state index contributed by atoms with van der Waals surface area (Å²) in [4.78, 5) is 27.2. The Labute approximate surface area is 440 Å². The maximum atomic E-state index is 10.6. The molecule has 0 amide bonds. The Kier molecular flexibility index (Phi) is 18.5. The average molecular weight is 1080 g/mol. The molecular weight excluding hydrogens is 1030 g/mol. The summed E-state index contributed by atoms with van der Waals surface area (Å²) in [6.45, 7) is 4.84. The van der Waals surface area contributed by atoms with Crippen molar-refractivity contribution in [2.45, 2.75) is 51.1 Å². The number of carboxylic acids is 2.